The number of rotatable bonds is 3. The first-order valence-corrected chi connectivity index (χ1v) is 8.99. The molecule has 0 saturated heterocycles. The quantitative estimate of drug-likeness (QED) is 0.513. The predicted molar refractivity (Wildman–Crippen MR) is 102 cm³/mol. The van der Waals surface area contributed by atoms with Crippen molar-refractivity contribution in [2.75, 3.05) is 19.0 Å². The van der Waals surface area contributed by atoms with Crippen LogP contribution in [-0.4, -0.2) is 33.9 Å². The molecule has 7 heteroatoms. The lowest BCUT2D eigenvalue weighted by molar-refractivity contribution is 0.970. The molecular weight excluding hydrogens is 386 g/mol. The molecule has 0 spiro atoms. The number of nitrogens with zero attached hydrogens (tertiary/aromatic N) is 5. The monoisotopic (exact) mass is 399 g/mol. The molecule has 0 saturated carbocycles. The van der Waals surface area contributed by atoms with Crippen LogP contribution in [0.2, 0.25) is 0 Å². The zero-order valence-electron chi connectivity index (χ0n) is 13.1. The van der Waals surface area contributed by atoms with E-state index in [-0.39, 0.29) is 0 Å². The van der Waals surface area contributed by atoms with Crippen molar-refractivity contribution in [3.05, 3.63) is 53.0 Å². The second-order valence-corrected chi connectivity index (χ2v) is 7.45. The second-order valence-electron chi connectivity index (χ2n) is 5.57. The molecule has 120 valence electrons. The molecule has 0 aliphatic rings. The Hall–Kier alpha value is -2.25. The van der Waals surface area contributed by atoms with E-state index < -0.39 is 0 Å². The van der Waals surface area contributed by atoms with E-state index in [1.807, 2.05) is 42.9 Å². The van der Waals surface area contributed by atoms with Gasteiger partial charge in [0.25, 0.3) is 0 Å². The first kappa shape index (κ1) is 15.3. The molecule has 0 aliphatic heterocycles. The largest absolute Gasteiger partial charge is 0.378 e. The van der Waals surface area contributed by atoms with E-state index in [0.717, 1.165) is 37.1 Å². The van der Waals surface area contributed by atoms with Gasteiger partial charge in [0, 0.05) is 35.4 Å². The maximum Gasteiger partial charge on any atom is 0.235 e. The Balaban J connectivity index is 1.75. The SMILES string of the molecule is CN(C)c1ccc(-c2nn3c(-c4ccc(Br)cc4)nnc3s2)cc1. The molecule has 0 radical (unpaired) electrons. The lowest BCUT2D eigenvalue weighted by atomic mass is 10.2. The van der Waals surface area contributed by atoms with Crippen LogP contribution in [0.15, 0.2) is 53.0 Å². The third-order valence-electron chi connectivity index (χ3n) is 3.72. The van der Waals surface area contributed by atoms with Gasteiger partial charge < -0.3 is 4.90 Å². The Bertz CT molecular complexity index is 986. The van der Waals surface area contributed by atoms with Gasteiger partial charge >= 0.3 is 0 Å². The van der Waals surface area contributed by atoms with Crippen LogP contribution in [0.3, 0.4) is 0 Å². The van der Waals surface area contributed by atoms with Crippen molar-refractivity contribution in [2.24, 2.45) is 0 Å². The highest BCUT2D eigenvalue weighted by Gasteiger charge is 2.14. The summed E-state index contributed by atoms with van der Waals surface area (Å²) >= 11 is 4.99. The van der Waals surface area contributed by atoms with Crippen molar-refractivity contribution in [1.29, 1.82) is 0 Å². The van der Waals surface area contributed by atoms with Gasteiger partial charge in [-0.05, 0) is 36.4 Å². The van der Waals surface area contributed by atoms with Gasteiger partial charge in [-0.1, -0.05) is 39.4 Å². The van der Waals surface area contributed by atoms with Crippen molar-refractivity contribution in [3.8, 4) is 22.0 Å². The van der Waals surface area contributed by atoms with Gasteiger partial charge in [-0.2, -0.15) is 9.61 Å². The van der Waals surface area contributed by atoms with Gasteiger partial charge in [-0.15, -0.1) is 10.2 Å². The molecule has 2 heterocycles. The van der Waals surface area contributed by atoms with Gasteiger partial charge in [0.15, 0.2) is 5.82 Å². The molecule has 0 fully saturated rings. The average Bonchev–Trinajstić information content (AvgIpc) is 3.16. The molecule has 4 aromatic rings. The summed E-state index contributed by atoms with van der Waals surface area (Å²) < 4.78 is 2.84. The summed E-state index contributed by atoms with van der Waals surface area (Å²) in [4.78, 5) is 2.87. The van der Waals surface area contributed by atoms with Gasteiger partial charge in [0.1, 0.15) is 5.01 Å². The normalized spacial score (nSPS) is 11.1. The molecule has 0 unspecified atom stereocenters. The fourth-order valence-corrected chi connectivity index (χ4v) is 3.52. The summed E-state index contributed by atoms with van der Waals surface area (Å²) in [6.45, 7) is 0. The third kappa shape index (κ3) is 2.70. The first-order chi connectivity index (χ1) is 11.6. The molecular formula is C17H14BrN5S. The minimum absolute atomic E-state index is 0.755. The van der Waals surface area contributed by atoms with Crippen LogP contribution in [0.1, 0.15) is 0 Å². The Morgan fingerprint density at radius 2 is 1.58 bits per heavy atom. The van der Waals surface area contributed by atoms with E-state index in [1.165, 1.54) is 11.3 Å². The molecule has 5 nitrogen and oxygen atoms in total. The molecule has 2 aromatic carbocycles. The number of hydrogen-bond donors (Lipinski definition) is 0. The van der Waals surface area contributed by atoms with Gasteiger partial charge in [-0.3, -0.25) is 0 Å². The molecule has 0 aliphatic carbocycles. The van der Waals surface area contributed by atoms with E-state index in [0.29, 0.717) is 0 Å². The highest BCUT2D eigenvalue weighted by Crippen LogP contribution is 2.29. The van der Waals surface area contributed by atoms with Crippen LogP contribution >= 0.6 is 27.3 Å². The summed E-state index contributed by atoms with van der Waals surface area (Å²) in [5, 5.41) is 14.2. The number of fused-ring (bicyclic) bond motifs is 1. The fourth-order valence-electron chi connectivity index (χ4n) is 2.41. The van der Waals surface area contributed by atoms with Gasteiger partial charge in [-0.25, -0.2) is 0 Å². The Labute approximate surface area is 151 Å². The number of benzene rings is 2. The Morgan fingerprint density at radius 1 is 0.917 bits per heavy atom. The third-order valence-corrected chi connectivity index (χ3v) is 5.20. The van der Waals surface area contributed by atoms with Crippen LogP contribution < -0.4 is 4.90 Å². The number of aromatic nitrogens is 4. The van der Waals surface area contributed by atoms with Crippen molar-refractivity contribution in [3.63, 3.8) is 0 Å². The van der Waals surface area contributed by atoms with Crippen molar-refractivity contribution in [1.82, 2.24) is 19.8 Å². The van der Waals surface area contributed by atoms with E-state index in [9.17, 15) is 0 Å². The minimum atomic E-state index is 0.755. The van der Waals surface area contributed by atoms with Crippen LogP contribution in [0, 0.1) is 0 Å². The molecule has 4 rings (SSSR count). The highest BCUT2D eigenvalue weighted by atomic mass is 79.9. The molecule has 0 amide bonds. The maximum atomic E-state index is 4.70. The zero-order chi connectivity index (χ0) is 16.7. The fraction of sp³-hybridized carbons (Fsp3) is 0.118. The lowest BCUT2D eigenvalue weighted by Crippen LogP contribution is -2.07. The predicted octanol–water partition coefficient (Wildman–Crippen LogP) is 4.35. The van der Waals surface area contributed by atoms with E-state index in [1.54, 1.807) is 0 Å². The summed E-state index contributed by atoms with van der Waals surface area (Å²) in [5.74, 6) is 0.755. The highest BCUT2D eigenvalue weighted by molar-refractivity contribution is 9.10. The van der Waals surface area contributed by atoms with Crippen LogP contribution in [0.4, 0.5) is 5.69 Å². The molecule has 24 heavy (non-hydrogen) atoms. The van der Waals surface area contributed by atoms with Crippen molar-refractivity contribution >= 4 is 37.9 Å². The Morgan fingerprint density at radius 3 is 2.25 bits per heavy atom. The average molecular weight is 400 g/mol. The topological polar surface area (TPSA) is 46.3 Å². The second kappa shape index (κ2) is 5.99. The minimum Gasteiger partial charge on any atom is -0.378 e. The van der Waals surface area contributed by atoms with E-state index in [2.05, 4.69) is 55.3 Å². The summed E-state index contributed by atoms with van der Waals surface area (Å²) in [7, 11) is 4.06. The zero-order valence-corrected chi connectivity index (χ0v) is 15.5. The summed E-state index contributed by atoms with van der Waals surface area (Å²) in [5.41, 5.74) is 3.24. The van der Waals surface area contributed by atoms with Crippen LogP contribution in [0.25, 0.3) is 26.9 Å². The smallest absolute Gasteiger partial charge is 0.235 e. The van der Waals surface area contributed by atoms with Crippen LogP contribution in [-0.2, 0) is 0 Å². The standard InChI is InChI=1S/C17H14BrN5S/c1-22(2)14-9-5-12(6-10-14)16-21-23-15(19-20-17(23)24-16)11-3-7-13(18)8-4-11/h3-10H,1-2H3. The van der Waals surface area contributed by atoms with E-state index >= 15 is 0 Å². The van der Waals surface area contributed by atoms with Crippen molar-refractivity contribution < 1.29 is 0 Å². The lowest BCUT2D eigenvalue weighted by Gasteiger charge is -2.11. The summed E-state index contributed by atoms with van der Waals surface area (Å²) in [6.07, 6.45) is 0. The number of halogens is 1. The molecule has 2 aromatic heterocycles. The number of anilines is 1. The maximum absolute atomic E-state index is 4.70. The molecule has 0 N–H and O–H groups in total. The first-order valence-electron chi connectivity index (χ1n) is 7.38. The number of hydrogen-bond acceptors (Lipinski definition) is 5. The summed E-state index contributed by atoms with van der Waals surface area (Å²) in [6, 6.07) is 16.3. The van der Waals surface area contributed by atoms with Crippen molar-refractivity contribution in [2.45, 2.75) is 0 Å². The van der Waals surface area contributed by atoms with Gasteiger partial charge in [0.2, 0.25) is 4.96 Å². The Kier molecular flexibility index (Phi) is 3.82. The van der Waals surface area contributed by atoms with E-state index in [4.69, 9.17) is 5.10 Å². The van der Waals surface area contributed by atoms with Gasteiger partial charge in [0.05, 0.1) is 0 Å². The molecule has 0 atom stereocenters. The molecule has 0 bridgehead atoms. The van der Waals surface area contributed by atoms with Crippen LogP contribution in [0.5, 0.6) is 0 Å².